The van der Waals surface area contributed by atoms with Crippen molar-refractivity contribution < 1.29 is 4.43 Å². The lowest BCUT2D eigenvalue weighted by Crippen LogP contribution is -2.27. The SMILES string of the molecule is CC1(C)C=C(O[Si](C)(C)C)CCC1. The van der Waals surface area contributed by atoms with Gasteiger partial charge in [-0.1, -0.05) is 13.8 Å². The molecule has 13 heavy (non-hydrogen) atoms. The van der Waals surface area contributed by atoms with E-state index < -0.39 is 8.32 Å². The minimum absolute atomic E-state index is 0.354. The van der Waals surface area contributed by atoms with Crippen molar-refractivity contribution in [3.05, 3.63) is 11.8 Å². The van der Waals surface area contributed by atoms with Crippen LogP contribution in [0.3, 0.4) is 0 Å². The Kier molecular flexibility index (Phi) is 2.90. The normalized spacial score (nSPS) is 22.4. The van der Waals surface area contributed by atoms with E-state index in [-0.39, 0.29) is 0 Å². The summed E-state index contributed by atoms with van der Waals surface area (Å²) in [5.74, 6) is 1.25. The minimum Gasteiger partial charge on any atom is -0.548 e. The van der Waals surface area contributed by atoms with Gasteiger partial charge in [0.2, 0.25) is 8.32 Å². The largest absolute Gasteiger partial charge is 0.548 e. The van der Waals surface area contributed by atoms with E-state index in [1.54, 1.807) is 0 Å². The van der Waals surface area contributed by atoms with Crippen LogP contribution in [0.4, 0.5) is 0 Å². The summed E-state index contributed by atoms with van der Waals surface area (Å²) in [6, 6.07) is 0. The average Bonchev–Trinajstić information content (AvgIpc) is 1.79. The van der Waals surface area contributed by atoms with Crippen molar-refractivity contribution in [2.45, 2.75) is 52.8 Å². The van der Waals surface area contributed by atoms with Gasteiger partial charge in [-0.2, -0.15) is 0 Å². The van der Waals surface area contributed by atoms with E-state index in [2.05, 4.69) is 39.6 Å². The zero-order chi connectivity index (χ0) is 10.1. The van der Waals surface area contributed by atoms with Crippen LogP contribution < -0.4 is 0 Å². The van der Waals surface area contributed by atoms with Crippen molar-refractivity contribution >= 4 is 8.32 Å². The molecule has 0 saturated heterocycles. The molecule has 0 atom stereocenters. The highest BCUT2D eigenvalue weighted by Gasteiger charge is 2.24. The Bertz CT molecular complexity index is 211. The lowest BCUT2D eigenvalue weighted by molar-refractivity contribution is 0.315. The number of allylic oxidation sites excluding steroid dienone is 2. The molecular weight excluding hydrogens is 176 g/mol. The van der Waals surface area contributed by atoms with Gasteiger partial charge in [-0.25, -0.2) is 0 Å². The van der Waals surface area contributed by atoms with Crippen LogP contribution in [0.25, 0.3) is 0 Å². The molecule has 0 amide bonds. The highest BCUT2D eigenvalue weighted by Crippen LogP contribution is 2.34. The molecule has 76 valence electrons. The van der Waals surface area contributed by atoms with Crippen molar-refractivity contribution in [1.29, 1.82) is 0 Å². The van der Waals surface area contributed by atoms with Crippen LogP contribution in [0, 0.1) is 5.41 Å². The van der Waals surface area contributed by atoms with Gasteiger partial charge in [0, 0.05) is 6.42 Å². The fourth-order valence-electron chi connectivity index (χ4n) is 1.77. The summed E-state index contributed by atoms with van der Waals surface area (Å²) >= 11 is 0. The topological polar surface area (TPSA) is 9.23 Å². The summed E-state index contributed by atoms with van der Waals surface area (Å²) in [5.41, 5.74) is 0.354. The first kappa shape index (κ1) is 10.8. The molecule has 0 aromatic carbocycles. The van der Waals surface area contributed by atoms with Crippen LogP contribution in [0.5, 0.6) is 0 Å². The number of rotatable bonds is 2. The fraction of sp³-hybridized carbons (Fsp3) is 0.818. The van der Waals surface area contributed by atoms with Crippen molar-refractivity contribution in [2.24, 2.45) is 5.41 Å². The van der Waals surface area contributed by atoms with E-state index in [1.165, 1.54) is 18.6 Å². The van der Waals surface area contributed by atoms with Crippen molar-refractivity contribution in [3.63, 3.8) is 0 Å². The van der Waals surface area contributed by atoms with Crippen LogP contribution in [0.1, 0.15) is 33.1 Å². The maximum atomic E-state index is 6.01. The Hall–Kier alpha value is -0.243. The summed E-state index contributed by atoms with van der Waals surface area (Å²) in [6.45, 7) is 11.3. The Morgan fingerprint density at radius 3 is 2.38 bits per heavy atom. The first-order valence-corrected chi connectivity index (χ1v) is 8.60. The maximum absolute atomic E-state index is 6.01. The second kappa shape index (κ2) is 3.49. The zero-order valence-electron chi connectivity index (χ0n) is 9.61. The molecule has 0 heterocycles. The molecule has 0 radical (unpaired) electrons. The van der Waals surface area contributed by atoms with Gasteiger partial charge in [-0.15, -0.1) is 0 Å². The standard InChI is InChI=1S/C11H22OSi/c1-11(2)8-6-7-10(9-11)12-13(3,4)5/h9H,6-8H2,1-5H3. The fourth-order valence-corrected chi connectivity index (χ4v) is 2.72. The molecule has 1 aliphatic rings. The highest BCUT2D eigenvalue weighted by molar-refractivity contribution is 6.70. The van der Waals surface area contributed by atoms with E-state index in [0.29, 0.717) is 5.41 Å². The molecule has 0 spiro atoms. The molecule has 0 N–H and O–H groups in total. The van der Waals surface area contributed by atoms with Gasteiger partial charge in [0.15, 0.2) is 0 Å². The van der Waals surface area contributed by atoms with Crippen LogP contribution >= 0.6 is 0 Å². The molecule has 0 aromatic rings. The molecule has 0 bridgehead atoms. The van der Waals surface area contributed by atoms with Crippen LogP contribution in [-0.4, -0.2) is 8.32 Å². The first-order chi connectivity index (χ1) is 5.79. The maximum Gasteiger partial charge on any atom is 0.241 e. The van der Waals surface area contributed by atoms with Crippen LogP contribution in [-0.2, 0) is 4.43 Å². The summed E-state index contributed by atoms with van der Waals surface area (Å²) in [7, 11) is -1.38. The summed E-state index contributed by atoms with van der Waals surface area (Å²) in [4.78, 5) is 0. The molecule has 0 unspecified atom stereocenters. The number of hydrogen-bond donors (Lipinski definition) is 0. The van der Waals surface area contributed by atoms with Gasteiger partial charge >= 0.3 is 0 Å². The van der Waals surface area contributed by atoms with Crippen molar-refractivity contribution in [1.82, 2.24) is 0 Å². The second-order valence-corrected chi connectivity index (χ2v) is 10.1. The molecule has 1 aliphatic carbocycles. The van der Waals surface area contributed by atoms with E-state index in [9.17, 15) is 0 Å². The molecule has 0 aromatic heterocycles. The second-order valence-electron chi connectivity index (χ2n) is 5.67. The van der Waals surface area contributed by atoms with Gasteiger partial charge in [0.05, 0.1) is 5.76 Å². The minimum atomic E-state index is -1.38. The molecule has 1 nitrogen and oxygen atoms in total. The van der Waals surface area contributed by atoms with Gasteiger partial charge < -0.3 is 4.43 Å². The summed E-state index contributed by atoms with van der Waals surface area (Å²) in [6.07, 6.45) is 6.05. The monoisotopic (exact) mass is 198 g/mol. The van der Waals surface area contributed by atoms with Gasteiger partial charge in [-0.3, -0.25) is 0 Å². The smallest absolute Gasteiger partial charge is 0.241 e. The lowest BCUT2D eigenvalue weighted by Gasteiger charge is -2.30. The van der Waals surface area contributed by atoms with E-state index in [0.717, 1.165) is 6.42 Å². The Labute approximate surface area is 83.3 Å². The predicted octanol–water partition coefficient (Wildman–Crippen LogP) is 3.93. The molecule has 2 heteroatoms. The Morgan fingerprint density at radius 2 is 1.92 bits per heavy atom. The molecule has 0 saturated carbocycles. The molecule has 0 aliphatic heterocycles. The molecule has 1 rings (SSSR count). The van der Waals surface area contributed by atoms with E-state index >= 15 is 0 Å². The van der Waals surface area contributed by atoms with Gasteiger partial charge in [-0.05, 0) is 44.0 Å². The summed E-state index contributed by atoms with van der Waals surface area (Å²) < 4.78 is 6.01. The Balaban J connectivity index is 2.65. The van der Waals surface area contributed by atoms with Crippen LogP contribution in [0.15, 0.2) is 11.8 Å². The third-order valence-electron chi connectivity index (χ3n) is 2.23. The Morgan fingerprint density at radius 1 is 1.31 bits per heavy atom. The quantitative estimate of drug-likeness (QED) is 0.611. The lowest BCUT2D eigenvalue weighted by atomic mass is 9.82. The predicted molar refractivity (Wildman–Crippen MR) is 60.1 cm³/mol. The average molecular weight is 198 g/mol. The highest BCUT2D eigenvalue weighted by atomic mass is 28.4. The van der Waals surface area contributed by atoms with E-state index in [4.69, 9.17) is 4.43 Å². The molecular formula is C11H22OSi. The molecule has 0 fully saturated rings. The number of hydrogen-bond acceptors (Lipinski definition) is 1. The van der Waals surface area contributed by atoms with Gasteiger partial charge in [0.1, 0.15) is 0 Å². The third kappa shape index (κ3) is 3.99. The van der Waals surface area contributed by atoms with E-state index in [1.807, 2.05) is 0 Å². The zero-order valence-corrected chi connectivity index (χ0v) is 10.6. The third-order valence-corrected chi connectivity index (χ3v) is 3.11. The summed E-state index contributed by atoms with van der Waals surface area (Å²) in [5, 5.41) is 0. The van der Waals surface area contributed by atoms with Gasteiger partial charge in [0.25, 0.3) is 0 Å². The van der Waals surface area contributed by atoms with Crippen molar-refractivity contribution in [2.75, 3.05) is 0 Å². The van der Waals surface area contributed by atoms with Crippen molar-refractivity contribution in [3.8, 4) is 0 Å². The van der Waals surface area contributed by atoms with Crippen LogP contribution in [0.2, 0.25) is 19.6 Å². The first-order valence-electron chi connectivity index (χ1n) is 5.19.